The van der Waals surface area contributed by atoms with Crippen molar-refractivity contribution in [1.82, 2.24) is 5.32 Å². The van der Waals surface area contributed by atoms with Crippen molar-refractivity contribution in [3.63, 3.8) is 0 Å². The van der Waals surface area contributed by atoms with E-state index in [1.807, 2.05) is 24.3 Å². The van der Waals surface area contributed by atoms with Gasteiger partial charge < -0.3 is 10.4 Å². The molecule has 0 heterocycles. The second kappa shape index (κ2) is 6.96. The Balaban J connectivity index is 1.83. The Morgan fingerprint density at radius 2 is 1.60 bits per heavy atom. The van der Waals surface area contributed by atoms with Crippen LogP contribution >= 0.6 is 11.6 Å². The standard InChI is InChI=1S/C16H16ClNO2/c17-11-13-1-5-14(6-2-13)16(20)18-10-9-12-3-7-15(19)8-4-12/h1-8,19H,9-11H2,(H,18,20). The minimum Gasteiger partial charge on any atom is -0.508 e. The van der Waals surface area contributed by atoms with Crippen molar-refractivity contribution in [2.45, 2.75) is 12.3 Å². The van der Waals surface area contributed by atoms with Crippen LogP contribution in [0.25, 0.3) is 0 Å². The molecule has 2 rings (SSSR count). The van der Waals surface area contributed by atoms with Crippen LogP contribution in [0.2, 0.25) is 0 Å². The minimum absolute atomic E-state index is 0.0927. The molecule has 1 amide bonds. The average Bonchev–Trinajstić information content (AvgIpc) is 2.49. The van der Waals surface area contributed by atoms with Gasteiger partial charge in [-0.25, -0.2) is 0 Å². The van der Waals surface area contributed by atoms with Gasteiger partial charge in [0.05, 0.1) is 0 Å². The van der Waals surface area contributed by atoms with E-state index in [0.717, 1.165) is 17.5 Å². The molecule has 104 valence electrons. The number of hydrogen-bond donors (Lipinski definition) is 2. The molecule has 0 unspecified atom stereocenters. The topological polar surface area (TPSA) is 49.3 Å². The lowest BCUT2D eigenvalue weighted by Gasteiger charge is -2.06. The highest BCUT2D eigenvalue weighted by atomic mass is 35.5. The van der Waals surface area contributed by atoms with Crippen molar-refractivity contribution in [3.05, 3.63) is 65.2 Å². The molecule has 0 aliphatic heterocycles. The number of rotatable bonds is 5. The van der Waals surface area contributed by atoms with Crippen molar-refractivity contribution in [2.75, 3.05) is 6.54 Å². The first-order valence-corrected chi connectivity index (χ1v) is 6.93. The lowest BCUT2D eigenvalue weighted by atomic mass is 10.1. The number of phenols is 1. The molecule has 0 atom stereocenters. The fourth-order valence-corrected chi connectivity index (χ4v) is 2.01. The van der Waals surface area contributed by atoms with E-state index in [1.54, 1.807) is 24.3 Å². The maximum absolute atomic E-state index is 11.9. The fourth-order valence-electron chi connectivity index (χ4n) is 1.83. The Kier molecular flexibility index (Phi) is 5.02. The van der Waals surface area contributed by atoms with Crippen LogP contribution in [0.1, 0.15) is 21.5 Å². The number of aromatic hydroxyl groups is 1. The molecule has 0 saturated heterocycles. The van der Waals surface area contributed by atoms with Gasteiger partial charge in [0.1, 0.15) is 5.75 Å². The van der Waals surface area contributed by atoms with Crippen LogP contribution in [-0.2, 0) is 12.3 Å². The number of carbonyl (C=O) groups excluding carboxylic acids is 1. The Morgan fingerprint density at radius 3 is 2.20 bits per heavy atom. The first kappa shape index (κ1) is 14.4. The molecule has 0 radical (unpaired) electrons. The van der Waals surface area contributed by atoms with Crippen molar-refractivity contribution in [1.29, 1.82) is 0 Å². The number of carbonyl (C=O) groups is 1. The molecular formula is C16H16ClNO2. The minimum atomic E-state index is -0.0927. The number of hydrogen-bond acceptors (Lipinski definition) is 2. The summed E-state index contributed by atoms with van der Waals surface area (Å²) in [6.45, 7) is 0.556. The molecule has 3 nitrogen and oxygen atoms in total. The summed E-state index contributed by atoms with van der Waals surface area (Å²) in [5.74, 6) is 0.602. The predicted molar refractivity (Wildman–Crippen MR) is 80.1 cm³/mol. The average molecular weight is 290 g/mol. The molecule has 0 bridgehead atoms. The molecule has 0 spiro atoms. The van der Waals surface area contributed by atoms with E-state index in [1.165, 1.54) is 0 Å². The number of amides is 1. The Hall–Kier alpha value is -2.00. The molecule has 0 saturated carbocycles. The van der Waals surface area contributed by atoms with E-state index in [0.29, 0.717) is 18.0 Å². The van der Waals surface area contributed by atoms with Gasteiger partial charge >= 0.3 is 0 Å². The molecule has 20 heavy (non-hydrogen) atoms. The number of benzene rings is 2. The summed E-state index contributed by atoms with van der Waals surface area (Å²) >= 11 is 5.70. The zero-order valence-electron chi connectivity index (χ0n) is 11.0. The summed E-state index contributed by atoms with van der Waals surface area (Å²) in [6.07, 6.45) is 0.728. The van der Waals surface area contributed by atoms with E-state index in [9.17, 15) is 9.90 Å². The highest BCUT2D eigenvalue weighted by Gasteiger charge is 2.04. The van der Waals surface area contributed by atoms with Crippen molar-refractivity contribution < 1.29 is 9.90 Å². The van der Waals surface area contributed by atoms with E-state index < -0.39 is 0 Å². The van der Waals surface area contributed by atoms with Crippen LogP contribution < -0.4 is 5.32 Å². The van der Waals surface area contributed by atoms with Gasteiger partial charge in [0.2, 0.25) is 0 Å². The third-order valence-electron chi connectivity index (χ3n) is 3.01. The summed E-state index contributed by atoms with van der Waals surface area (Å²) in [4.78, 5) is 11.9. The molecule has 4 heteroatoms. The van der Waals surface area contributed by atoms with Crippen LogP contribution in [0.5, 0.6) is 5.75 Å². The van der Waals surface area contributed by atoms with E-state index in [-0.39, 0.29) is 11.7 Å². The van der Waals surface area contributed by atoms with E-state index >= 15 is 0 Å². The lowest BCUT2D eigenvalue weighted by Crippen LogP contribution is -2.25. The first-order chi connectivity index (χ1) is 9.69. The largest absolute Gasteiger partial charge is 0.508 e. The summed E-state index contributed by atoms with van der Waals surface area (Å²) in [5.41, 5.74) is 2.69. The number of alkyl halides is 1. The maximum Gasteiger partial charge on any atom is 0.251 e. The van der Waals surface area contributed by atoms with Crippen LogP contribution in [0.4, 0.5) is 0 Å². The van der Waals surface area contributed by atoms with Gasteiger partial charge in [-0.2, -0.15) is 0 Å². The zero-order chi connectivity index (χ0) is 14.4. The van der Waals surface area contributed by atoms with Gasteiger partial charge in [0, 0.05) is 18.0 Å². The Morgan fingerprint density at radius 1 is 1.00 bits per heavy atom. The van der Waals surface area contributed by atoms with E-state index in [2.05, 4.69) is 5.32 Å². The summed E-state index contributed by atoms with van der Waals surface area (Å²) in [6, 6.07) is 14.2. The molecule has 0 fully saturated rings. The normalized spacial score (nSPS) is 10.2. The van der Waals surface area contributed by atoms with Crippen molar-refractivity contribution >= 4 is 17.5 Å². The fraction of sp³-hybridized carbons (Fsp3) is 0.188. The molecule has 0 aromatic heterocycles. The number of halogens is 1. The van der Waals surface area contributed by atoms with Gasteiger partial charge in [-0.3, -0.25) is 4.79 Å². The van der Waals surface area contributed by atoms with Crippen LogP contribution in [0.15, 0.2) is 48.5 Å². The highest BCUT2D eigenvalue weighted by Crippen LogP contribution is 2.10. The van der Waals surface area contributed by atoms with Crippen LogP contribution in [-0.4, -0.2) is 17.6 Å². The third kappa shape index (κ3) is 4.00. The Bertz CT molecular complexity index is 564. The monoisotopic (exact) mass is 289 g/mol. The third-order valence-corrected chi connectivity index (χ3v) is 3.31. The smallest absolute Gasteiger partial charge is 0.251 e. The maximum atomic E-state index is 11.9. The summed E-state index contributed by atoms with van der Waals surface area (Å²) in [7, 11) is 0. The molecule has 2 aromatic rings. The number of phenolic OH excluding ortho intramolecular Hbond substituents is 1. The second-order valence-electron chi connectivity index (χ2n) is 4.50. The van der Waals surface area contributed by atoms with Crippen molar-refractivity contribution in [2.24, 2.45) is 0 Å². The van der Waals surface area contributed by atoms with Crippen LogP contribution in [0, 0.1) is 0 Å². The molecule has 2 aromatic carbocycles. The Labute approximate surface area is 123 Å². The van der Waals surface area contributed by atoms with Gasteiger partial charge in [-0.05, 0) is 41.8 Å². The molecule has 0 aliphatic carbocycles. The SMILES string of the molecule is O=C(NCCc1ccc(O)cc1)c1ccc(CCl)cc1. The van der Waals surface area contributed by atoms with Crippen molar-refractivity contribution in [3.8, 4) is 5.75 Å². The van der Waals surface area contributed by atoms with Crippen LogP contribution in [0.3, 0.4) is 0 Å². The van der Waals surface area contributed by atoms with Gasteiger partial charge in [0.25, 0.3) is 5.91 Å². The first-order valence-electron chi connectivity index (χ1n) is 6.40. The molecule has 2 N–H and O–H groups in total. The highest BCUT2D eigenvalue weighted by molar-refractivity contribution is 6.17. The molecular weight excluding hydrogens is 274 g/mol. The number of nitrogens with one attached hydrogen (secondary N) is 1. The predicted octanol–water partition coefficient (Wildman–Crippen LogP) is 3.10. The van der Waals surface area contributed by atoms with Gasteiger partial charge in [0.15, 0.2) is 0 Å². The van der Waals surface area contributed by atoms with E-state index in [4.69, 9.17) is 11.6 Å². The van der Waals surface area contributed by atoms with Gasteiger partial charge in [-0.1, -0.05) is 24.3 Å². The quantitative estimate of drug-likeness (QED) is 0.831. The zero-order valence-corrected chi connectivity index (χ0v) is 11.7. The second-order valence-corrected chi connectivity index (χ2v) is 4.77. The molecule has 0 aliphatic rings. The lowest BCUT2D eigenvalue weighted by molar-refractivity contribution is 0.0954. The summed E-state index contributed by atoms with van der Waals surface area (Å²) in [5, 5.41) is 12.0. The summed E-state index contributed by atoms with van der Waals surface area (Å²) < 4.78 is 0. The van der Waals surface area contributed by atoms with Gasteiger partial charge in [-0.15, -0.1) is 11.6 Å².